The Bertz CT molecular complexity index is 1030. The van der Waals surface area contributed by atoms with E-state index in [1.165, 1.54) is 12.1 Å². The highest BCUT2D eigenvalue weighted by Crippen LogP contribution is 2.31. The van der Waals surface area contributed by atoms with Crippen LogP contribution in [0.2, 0.25) is 0 Å². The Balaban J connectivity index is 2.17. The van der Waals surface area contributed by atoms with Crippen molar-refractivity contribution in [2.45, 2.75) is 6.17 Å². The molecule has 0 spiro atoms. The summed E-state index contributed by atoms with van der Waals surface area (Å²) in [5.41, 5.74) is 11.7. The quantitative estimate of drug-likeness (QED) is 0.575. The SMILES string of the molecule is CN1C=CC(c2ccc(I)cc2F)=C(Oc2[nH]c(=O)ccc2C(N)=O)C1N. The lowest BCUT2D eigenvalue weighted by molar-refractivity contribution is 0.0996. The summed E-state index contributed by atoms with van der Waals surface area (Å²) in [5.74, 6) is -1.20. The Kier molecular flexibility index (Phi) is 5.33. The van der Waals surface area contributed by atoms with Crippen molar-refractivity contribution in [3.8, 4) is 5.88 Å². The van der Waals surface area contributed by atoms with Gasteiger partial charge in [0.25, 0.3) is 11.5 Å². The van der Waals surface area contributed by atoms with Gasteiger partial charge in [-0.05, 0) is 46.9 Å². The minimum atomic E-state index is -0.780. The second-order valence-electron chi connectivity index (χ2n) is 5.86. The van der Waals surface area contributed by atoms with E-state index in [1.54, 1.807) is 36.4 Å². The number of nitrogens with one attached hydrogen (secondary N) is 1. The van der Waals surface area contributed by atoms with Crippen molar-refractivity contribution in [3.63, 3.8) is 0 Å². The predicted molar refractivity (Wildman–Crippen MR) is 107 cm³/mol. The maximum atomic E-state index is 14.5. The Morgan fingerprint density at radius 3 is 2.74 bits per heavy atom. The van der Waals surface area contributed by atoms with E-state index in [4.69, 9.17) is 16.2 Å². The number of allylic oxidation sites excluding steroid dienone is 2. The fourth-order valence-electron chi connectivity index (χ4n) is 2.60. The summed E-state index contributed by atoms with van der Waals surface area (Å²) in [7, 11) is 1.72. The highest BCUT2D eigenvalue weighted by atomic mass is 127. The highest BCUT2D eigenvalue weighted by Gasteiger charge is 2.26. The van der Waals surface area contributed by atoms with Gasteiger partial charge in [-0.2, -0.15) is 0 Å². The van der Waals surface area contributed by atoms with E-state index in [-0.39, 0.29) is 22.8 Å². The van der Waals surface area contributed by atoms with Crippen LogP contribution < -0.4 is 21.8 Å². The number of likely N-dealkylation sites (N-methyl/N-ethyl adjacent to an activating group) is 1. The van der Waals surface area contributed by atoms with Gasteiger partial charge < -0.3 is 21.1 Å². The molecule has 0 saturated heterocycles. The first kappa shape index (κ1) is 19.1. The molecule has 1 aliphatic rings. The number of benzene rings is 1. The van der Waals surface area contributed by atoms with Gasteiger partial charge in [-0.25, -0.2) is 4.39 Å². The number of H-pyrrole nitrogens is 1. The lowest BCUT2D eigenvalue weighted by Gasteiger charge is -2.30. The molecule has 140 valence electrons. The number of hydrogen-bond acceptors (Lipinski definition) is 5. The number of pyridine rings is 1. The van der Waals surface area contributed by atoms with Crippen molar-refractivity contribution in [2.24, 2.45) is 11.5 Å². The van der Waals surface area contributed by atoms with E-state index >= 15 is 0 Å². The van der Waals surface area contributed by atoms with E-state index in [2.05, 4.69) is 4.98 Å². The van der Waals surface area contributed by atoms with Crippen molar-refractivity contribution in [1.29, 1.82) is 0 Å². The zero-order chi connectivity index (χ0) is 19.7. The van der Waals surface area contributed by atoms with Crippen LogP contribution in [0.3, 0.4) is 0 Å². The summed E-state index contributed by atoms with van der Waals surface area (Å²) in [6, 6.07) is 7.17. The third-order valence-corrected chi connectivity index (χ3v) is 4.70. The molecule has 1 amide bonds. The summed E-state index contributed by atoms with van der Waals surface area (Å²) in [5, 5.41) is 0. The molecule has 7 nitrogen and oxygen atoms in total. The Morgan fingerprint density at radius 1 is 1.33 bits per heavy atom. The molecule has 2 heterocycles. The average Bonchev–Trinajstić information content (AvgIpc) is 2.60. The fourth-order valence-corrected chi connectivity index (χ4v) is 3.05. The molecule has 0 fully saturated rings. The number of hydrogen-bond donors (Lipinski definition) is 3. The number of halogens is 2. The fraction of sp³-hybridized carbons (Fsp3) is 0.111. The molecule has 0 saturated carbocycles. The molecule has 5 N–H and O–H groups in total. The van der Waals surface area contributed by atoms with Crippen molar-refractivity contribution < 1.29 is 13.9 Å². The summed E-state index contributed by atoms with van der Waals surface area (Å²) >= 11 is 2.01. The molecule has 1 aromatic heterocycles. The minimum absolute atomic E-state index is 0.0195. The molecule has 9 heteroatoms. The van der Waals surface area contributed by atoms with Crippen LogP contribution >= 0.6 is 22.6 Å². The van der Waals surface area contributed by atoms with Gasteiger partial charge in [-0.15, -0.1) is 0 Å². The second-order valence-corrected chi connectivity index (χ2v) is 7.11. The summed E-state index contributed by atoms with van der Waals surface area (Å²) < 4.78 is 21.1. The van der Waals surface area contributed by atoms with Crippen LogP contribution in [-0.4, -0.2) is 29.0 Å². The van der Waals surface area contributed by atoms with E-state index in [1.807, 2.05) is 22.6 Å². The summed E-state index contributed by atoms with van der Waals surface area (Å²) in [6.45, 7) is 0. The first-order chi connectivity index (χ1) is 12.8. The number of carbonyl (C=O) groups is 1. The molecule has 0 bridgehead atoms. The molecule has 1 aliphatic heterocycles. The van der Waals surface area contributed by atoms with Crippen LogP contribution in [0.25, 0.3) is 5.57 Å². The van der Waals surface area contributed by atoms with Gasteiger partial charge in [0.2, 0.25) is 5.88 Å². The maximum Gasteiger partial charge on any atom is 0.254 e. The molecular weight excluding hydrogens is 466 g/mol. The molecule has 0 radical (unpaired) electrons. The number of rotatable bonds is 4. The molecule has 0 aliphatic carbocycles. The monoisotopic (exact) mass is 482 g/mol. The van der Waals surface area contributed by atoms with Gasteiger partial charge in [0.15, 0.2) is 5.76 Å². The topological polar surface area (TPSA) is 114 Å². The smallest absolute Gasteiger partial charge is 0.254 e. The van der Waals surface area contributed by atoms with Crippen LogP contribution in [-0.2, 0) is 0 Å². The van der Waals surface area contributed by atoms with Crippen LogP contribution in [0.1, 0.15) is 15.9 Å². The van der Waals surface area contributed by atoms with Gasteiger partial charge in [-0.1, -0.05) is 6.07 Å². The zero-order valence-corrected chi connectivity index (χ0v) is 16.4. The molecule has 27 heavy (non-hydrogen) atoms. The Hall–Kier alpha value is -2.66. The van der Waals surface area contributed by atoms with Crippen molar-refractivity contribution in [1.82, 2.24) is 9.88 Å². The number of ether oxygens (including phenoxy) is 1. The summed E-state index contributed by atoms with van der Waals surface area (Å²) in [6.07, 6.45) is 2.57. The minimum Gasteiger partial charge on any atom is -0.440 e. The van der Waals surface area contributed by atoms with E-state index in [0.29, 0.717) is 5.57 Å². The van der Waals surface area contributed by atoms with Gasteiger partial charge in [0.1, 0.15) is 12.0 Å². The number of aromatic nitrogens is 1. The van der Waals surface area contributed by atoms with Crippen molar-refractivity contribution in [2.75, 3.05) is 7.05 Å². The molecule has 3 rings (SSSR count). The van der Waals surface area contributed by atoms with E-state index in [0.717, 1.165) is 9.64 Å². The third-order valence-electron chi connectivity index (χ3n) is 4.03. The van der Waals surface area contributed by atoms with Crippen LogP contribution in [0.15, 0.2) is 53.2 Å². The predicted octanol–water partition coefficient (Wildman–Crippen LogP) is 1.75. The summed E-state index contributed by atoms with van der Waals surface area (Å²) in [4.78, 5) is 27.4. The molecule has 1 aromatic carbocycles. The first-order valence-corrected chi connectivity index (χ1v) is 8.92. The number of primary amides is 1. The molecular formula is C18H16FIN4O3. The molecule has 2 aromatic rings. The zero-order valence-electron chi connectivity index (χ0n) is 14.2. The molecule has 1 atom stereocenters. The normalized spacial score (nSPS) is 16.6. The van der Waals surface area contributed by atoms with Crippen LogP contribution in [0.4, 0.5) is 4.39 Å². The Morgan fingerprint density at radius 2 is 2.07 bits per heavy atom. The van der Waals surface area contributed by atoms with Gasteiger partial charge in [0.05, 0.1) is 5.56 Å². The number of carbonyl (C=O) groups excluding carboxylic acids is 1. The van der Waals surface area contributed by atoms with Gasteiger partial charge in [0, 0.05) is 34.0 Å². The standard InChI is InChI=1S/C18H16FIN4O3/c1-24-7-6-11(10-3-2-9(20)8-13(10)19)15(16(24)21)27-18-12(17(22)26)4-5-14(25)23-18/h2-8,16H,21H2,1H3,(H2,22,26)(H,23,25). The highest BCUT2D eigenvalue weighted by molar-refractivity contribution is 14.1. The number of amides is 1. The van der Waals surface area contributed by atoms with Gasteiger partial charge >= 0.3 is 0 Å². The van der Waals surface area contributed by atoms with E-state index < -0.39 is 23.4 Å². The van der Waals surface area contributed by atoms with Crippen molar-refractivity contribution in [3.05, 3.63) is 79.2 Å². The molecule has 1 unspecified atom stereocenters. The lowest BCUT2D eigenvalue weighted by Crippen LogP contribution is -2.41. The van der Waals surface area contributed by atoms with Crippen molar-refractivity contribution >= 4 is 34.1 Å². The second kappa shape index (κ2) is 7.53. The number of aromatic amines is 1. The third kappa shape index (κ3) is 3.88. The van der Waals surface area contributed by atoms with Crippen LogP contribution in [0, 0.1) is 9.39 Å². The van der Waals surface area contributed by atoms with E-state index in [9.17, 15) is 14.0 Å². The largest absolute Gasteiger partial charge is 0.440 e. The number of nitrogens with zero attached hydrogens (tertiary/aromatic N) is 1. The number of nitrogens with two attached hydrogens (primary N) is 2. The van der Waals surface area contributed by atoms with Crippen LogP contribution in [0.5, 0.6) is 5.88 Å². The van der Waals surface area contributed by atoms with Gasteiger partial charge in [-0.3, -0.25) is 14.6 Å². The maximum absolute atomic E-state index is 14.5. The lowest BCUT2D eigenvalue weighted by atomic mass is 10.0. The first-order valence-electron chi connectivity index (χ1n) is 7.84. The average molecular weight is 482 g/mol. The Labute approximate surface area is 167 Å².